The summed E-state index contributed by atoms with van der Waals surface area (Å²) in [6, 6.07) is 9.00. The van der Waals surface area contributed by atoms with E-state index in [2.05, 4.69) is 4.98 Å². The zero-order valence-corrected chi connectivity index (χ0v) is 11.8. The van der Waals surface area contributed by atoms with Crippen LogP contribution in [0.3, 0.4) is 0 Å². The maximum atomic E-state index is 11.2. The van der Waals surface area contributed by atoms with Crippen molar-refractivity contribution in [2.75, 3.05) is 7.11 Å². The van der Waals surface area contributed by atoms with Crippen molar-refractivity contribution in [1.29, 1.82) is 0 Å². The predicted molar refractivity (Wildman–Crippen MR) is 76.3 cm³/mol. The summed E-state index contributed by atoms with van der Waals surface area (Å²) in [4.78, 5) is 15.2. The van der Waals surface area contributed by atoms with Crippen molar-refractivity contribution < 1.29 is 14.3 Å². The molecule has 0 bridgehead atoms. The molecular weight excluding hydrogens is 254 g/mol. The van der Waals surface area contributed by atoms with Crippen molar-refractivity contribution in [3.8, 4) is 11.5 Å². The molecule has 20 heavy (non-hydrogen) atoms. The molecule has 1 heterocycles. The smallest absolute Gasteiger partial charge is 0.172 e. The van der Waals surface area contributed by atoms with E-state index in [1.54, 1.807) is 37.7 Å². The molecule has 0 N–H and O–H groups in total. The minimum Gasteiger partial charge on any atom is -0.493 e. The zero-order chi connectivity index (χ0) is 14.6. The Morgan fingerprint density at radius 2 is 1.85 bits per heavy atom. The molecule has 104 valence electrons. The average Bonchev–Trinajstić information content (AvgIpc) is 2.48. The third-order valence-corrected chi connectivity index (χ3v) is 3.09. The lowest BCUT2D eigenvalue weighted by Crippen LogP contribution is -2.26. The highest BCUT2D eigenvalue weighted by atomic mass is 16.5. The fourth-order valence-corrected chi connectivity index (χ4v) is 1.96. The number of para-hydroxylation sites is 1. The number of hydrogen-bond donors (Lipinski definition) is 0. The number of methoxy groups -OCH3 is 1. The molecule has 0 spiro atoms. The molecule has 0 saturated heterocycles. The number of rotatable bonds is 5. The summed E-state index contributed by atoms with van der Waals surface area (Å²) in [5.41, 5.74) is 0.830. The predicted octanol–water partition coefficient (Wildman–Crippen LogP) is 3.22. The number of aldehydes is 1. The molecule has 0 saturated carbocycles. The largest absolute Gasteiger partial charge is 0.493 e. The van der Waals surface area contributed by atoms with Gasteiger partial charge in [0.2, 0.25) is 0 Å². The second kappa shape index (κ2) is 5.74. The highest BCUT2D eigenvalue weighted by Gasteiger charge is 2.25. The minimum absolute atomic E-state index is 0.451. The minimum atomic E-state index is -0.602. The van der Waals surface area contributed by atoms with E-state index in [1.165, 1.54) is 0 Å². The lowest BCUT2D eigenvalue weighted by atomic mass is 9.99. The van der Waals surface area contributed by atoms with Gasteiger partial charge < -0.3 is 9.47 Å². The van der Waals surface area contributed by atoms with Crippen LogP contribution in [0.4, 0.5) is 0 Å². The van der Waals surface area contributed by atoms with Gasteiger partial charge in [-0.3, -0.25) is 9.78 Å². The second-order valence-electron chi connectivity index (χ2n) is 4.84. The Morgan fingerprint density at radius 1 is 1.15 bits per heavy atom. The van der Waals surface area contributed by atoms with Crippen LogP contribution in [0.15, 0.2) is 42.7 Å². The van der Waals surface area contributed by atoms with Crippen LogP contribution in [-0.4, -0.2) is 18.4 Å². The Morgan fingerprint density at radius 3 is 2.45 bits per heavy atom. The molecule has 4 heteroatoms. The Labute approximate surface area is 118 Å². The molecule has 0 fully saturated rings. The molecule has 0 aliphatic heterocycles. The van der Waals surface area contributed by atoms with Crippen molar-refractivity contribution in [3.05, 3.63) is 53.9 Å². The van der Waals surface area contributed by atoms with E-state index in [1.807, 2.05) is 26.0 Å². The van der Waals surface area contributed by atoms with Crippen molar-refractivity contribution >= 4 is 6.29 Å². The number of carbonyl (C=O) groups excluding carboxylic acids is 1. The third-order valence-electron chi connectivity index (χ3n) is 3.09. The molecule has 1 aromatic heterocycles. The summed E-state index contributed by atoms with van der Waals surface area (Å²) in [7, 11) is 1.55. The fraction of sp³-hybridized carbons (Fsp3) is 0.250. The highest BCUT2D eigenvalue weighted by molar-refractivity contribution is 5.81. The van der Waals surface area contributed by atoms with Crippen LogP contribution in [0.5, 0.6) is 11.5 Å². The average molecular weight is 271 g/mol. The van der Waals surface area contributed by atoms with E-state index in [9.17, 15) is 4.79 Å². The number of benzene rings is 1. The number of carbonyl (C=O) groups is 1. The van der Waals surface area contributed by atoms with E-state index in [-0.39, 0.29) is 0 Å². The molecule has 0 amide bonds. The van der Waals surface area contributed by atoms with Gasteiger partial charge in [-0.1, -0.05) is 6.07 Å². The Bertz CT molecular complexity index is 594. The first-order valence-electron chi connectivity index (χ1n) is 6.30. The molecule has 1 aromatic carbocycles. The van der Waals surface area contributed by atoms with Crippen molar-refractivity contribution in [1.82, 2.24) is 4.98 Å². The first-order valence-corrected chi connectivity index (χ1v) is 6.30. The van der Waals surface area contributed by atoms with E-state index in [4.69, 9.17) is 9.47 Å². The first-order chi connectivity index (χ1) is 9.58. The van der Waals surface area contributed by atoms with E-state index in [0.717, 1.165) is 11.8 Å². The number of pyridine rings is 1. The molecule has 0 atom stereocenters. The van der Waals surface area contributed by atoms with Crippen LogP contribution in [0.2, 0.25) is 0 Å². The van der Waals surface area contributed by atoms with Gasteiger partial charge >= 0.3 is 0 Å². The molecule has 4 nitrogen and oxygen atoms in total. The van der Waals surface area contributed by atoms with Gasteiger partial charge in [-0.25, -0.2) is 0 Å². The summed E-state index contributed by atoms with van der Waals surface area (Å²) < 4.78 is 11.3. The van der Waals surface area contributed by atoms with Gasteiger partial charge in [0.05, 0.1) is 12.7 Å². The van der Waals surface area contributed by atoms with E-state index in [0.29, 0.717) is 17.1 Å². The van der Waals surface area contributed by atoms with Crippen LogP contribution >= 0.6 is 0 Å². The fourth-order valence-electron chi connectivity index (χ4n) is 1.96. The number of ether oxygens (including phenoxy) is 2. The number of aromatic nitrogens is 1. The van der Waals surface area contributed by atoms with Gasteiger partial charge in [0.1, 0.15) is 5.60 Å². The third kappa shape index (κ3) is 2.79. The summed E-state index contributed by atoms with van der Waals surface area (Å²) >= 11 is 0. The summed E-state index contributed by atoms with van der Waals surface area (Å²) in [5.74, 6) is 0.989. The van der Waals surface area contributed by atoms with Crippen molar-refractivity contribution in [2.24, 2.45) is 0 Å². The molecular formula is C16H17NO3. The maximum Gasteiger partial charge on any atom is 0.172 e. The Balaban J connectivity index is 2.41. The van der Waals surface area contributed by atoms with Gasteiger partial charge in [0.25, 0.3) is 0 Å². The molecule has 0 unspecified atom stereocenters. The van der Waals surface area contributed by atoms with Crippen LogP contribution in [-0.2, 0) is 5.60 Å². The second-order valence-corrected chi connectivity index (χ2v) is 4.84. The topological polar surface area (TPSA) is 48.4 Å². The van der Waals surface area contributed by atoms with Crippen LogP contribution in [0.1, 0.15) is 29.8 Å². The van der Waals surface area contributed by atoms with Gasteiger partial charge in [0, 0.05) is 12.4 Å². The standard InChI is InChI=1S/C16H17NO3/c1-16(2,13-7-9-17-10-8-13)20-15-12(11-18)5-4-6-14(15)19-3/h4-11H,1-3H3. The monoisotopic (exact) mass is 271 g/mol. The van der Waals surface area contributed by atoms with Gasteiger partial charge in [-0.15, -0.1) is 0 Å². The molecule has 2 aromatic rings. The summed E-state index contributed by atoms with van der Waals surface area (Å²) in [5, 5.41) is 0. The first kappa shape index (κ1) is 14.1. The quantitative estimate of drug-likeness (QED) is 0.783. The van der Waals surface area contributed by atoms with Crippen molar-refractivity contribution in [2.45, 2.75) is 19.4 Å². The van der Waals surface area contributed by atoms with Gasteiger partial charge in [0.15, 0.2) is 17.8 Å². The molecule has 0 aliphatic carbocycles. The highest BCUT2D eigenvalue weighted by Crippen LogP contribution is 2.36. The SMILES string of the molecule is COc1cccc(C=O)c1OC(C)(C)c1ccncc1. The molecule has 0 radical (unpaired) electrons. The van der Waals surface area contributed by atoms with Crippen molar-refractivity contribution in [3.63, 3.8) is 0 Å². The van der Waals surface area contributed by atoms with E-state index < -0.39 is 5.60 Å². The lowest BCUT2D eigenvalue weighted by Gasteiger charge is -2.28. The van der Waals surface area contributed by atoms with Crippen LogP contribution in [0, 0.1) is 0 Å². The zero-order valence-electron chi connectivity index (χ0n) is 11.8. The molecule has 2 rings (SSSR count). The van der Waals surface area contributed by atoms with Crippen LogP contribution < -0.4 is 9.47 Å². The van der Waals surface area contributed by atoms with E-state index >= 15 is 0 Å². The number of hydrogen-bond acceptors (Lipinski definition) is 4. The summed E-state index contributed by atoms with van der Waals surface area (Å²) in [6.07, 6.45) is 4.19. The number of nitrogens with zero attached hydrogens (tertiary/aromatic N) is 1. The van der Waals surface area contributed by atoms with Crippen LogP contribution in [0.25, 0.3) is 0 Å². The van der Waals surface area contributed by atoms with Gasteiger partial charge in [-0.2, -0.15) is 0 Å². The Kier molecular flexibility index (Phi) is 4.03. The summed E-state index contributed by atoms with van der Waals surface area (Å²) in [6.45, 7) is 3.87. The lowest BCUT2D eigenvalue weighted by molar-refractivity contribution is 0.0987. The van der Waals surface area contributed by atoms with Gasteiger partial charge in [-0.05, 0) is 43.7 Å². The maximum absolute atomic E-state index is 11.2. The normalized spacial score (nSPS) is 10.9. The Hall–Kier alpha value is -2.36. The molecule has 0 aliphatic rings.